The summed E-state index contributed by atoms with van der Waals surface area (Å²) in [6.45, 7) is 0. The molecule has 2 aromatic carbocycles. The summed E-state index contributed by atoms with van der Waals surface area (Å²) in [5, 5.41) is 29.0. The minimum absolute atomic E-state index is 0.359. The Morgan fingerprint density at radius 1 is 0.781 bits per heavy atom. The van der Waals surface area contributed by atoms with Crippen LogP contribution in [0.25, 0.3) is 22.8 Å². The fourth-order valence-corrected chi connectivity index (χ4v) is 4.89. The second kappa shape index (κ2) is 10.0. The van der Waals surface area contributed by atoms with Crippen molar-refractivity contribution in [2.45, 2.75) is 16.4 Å². The average Bonchev–Trinajstić information content (AvgIpc) is 3.33. The quantitative estimate of drug-likeness (QED) is 0.242. The van der Waals surface area contributed by atoms with Crippen molar-refractivity contribution in [3.63, 3.8) is 0 Å². The molecule has 0 radical (unpaired) electrons. The summed E-state index contributed by atoms with van der Waals surface area (Å²) in [6.07, 6.45) is -0.664. The predicted octanol–water partition coefficient (Wildman–Crippen LogP) is 3.18. The maximum absolute atomic E-state index is 10.4. The Labute approximate surface area is 202 Å². The van der Waals surface area contributed by atoms with Gasteiger partial charge in [0, 0.05) is 32.7 Å². The van der Waals surface area contributed by atoms with Gasteiger partial charge < -0.3 is 16.8 Å². The first-order chi connectivity index (χ1) is 15.4. The van der Waals surface area contributed by atoms with E-state index in [9.17, 15) is 5.11 Å². The zero-order valence-electron chi connectivity index (χ0n) is 16.5. The smallest absolute Gasteiger partial charge is 0.210 e. The van der Waals surface area contributed by atoms with Gasteiger partial charge in [0.2, 0.25) is 10.3 Å². The number of aliphatic hydroxyl groups is 1. The Bertz CT molecular complexity index is 1140. The SMILES string of the molecule is Nn1c(SCC(O)CSc2nnc(-c3cccc(Cl)c3)n2N)nnc1-c1cccc(Cl)c1. The van der Waals surface area contributed by atoms with E-state index in [2.05, 4.69) is 20.4 Å². The van der Waals surface area contributed by atoms with Gasteiger partial charge in [-0.3, -0.25) is 0 Å². The normalized spacial score (nSPS) is 11.4. The number of rotatable bonds is 8. The highest BCUT2D eigenvalue weighted by molar-refractivity contribution is 8.00. The molecule has 0 fully saturated rings. The maximum Gasteiger partial charge on any atom is 0.210 e. The van der Waals surface area contributed by atoms with E-state index >= 15 is 0 Å². The molecule has 0 amide bonds. The molecule has 5 N–H and O–H groups in total. The first-order valence-electron chi connectivity index (χ1n) is 9.29. The lowest BCUT2D eigenvalue weighted by Crippen LogP contribution is -2.17. The van der Waals surface area contributed by atoms with Crippen molar-refractivity contribution < 1.29 is 5.11 Å². The summed E-state index contributed by atoms with van der Waals surface area (Å²) in [4.78, 5) is 0. The molecule has 2 heterocycles. The average molecular weight is 509 g/mol. The van der Waals surface area contributed by atoms with E-state index in [1.54, 1.807) is 24.3 Å². The molecular weight excluding hydrogens is 491 g/mol. The number of benzene rings is 2. The molecule has 0 saturated carbocycles. The molecule has 0 saturated heterocycles. The summed E-state index contributed by atoms with van der Waals surface area (Å²) in [6, 6.07) is 14.4. The molecule has 0 aliphatic rings. The lowest BCUT2D eigenvalue weighted by molar-refractivity contribution is 0.225. The number of thioether (sulfide) groups is 2. The number of hydrogen-bond acceptors (Lipinski definition) is 9. The third-order valence-corrected chi connectivity index (χ3v) is 6.95. The van der Waals surface area contributed by atoms with Crippen LogP contribution in [-0.2, 0) is 0 Å². The number of aromatic nitrogens is 6. The predicted molar refractivity (Wildman–Crippen MR) is 129 cm³/mol. The third kappa shape index (κ3) is 5.13. The lowest BCUT2D eigenvalue weighted by Gasteiger charge is -2.09. The standard InChI is InChI=1S/C19H18Cl2N8OS2/c20-13-5-1-3-11(7-13)16-24-26-18(28(16)22)31-9-15(30)10-32-19-27-25-17(29(19)23)12-4-2-6-14(21)8-12/h1-8,15,30H,9-10,22-23H2. The van der Waals surface area contributed by atoms with Gasteiger partial charge >= 0.3 is 0 Å². The van der Waals surface area contributed by atoms with Gasteiger partial charge in [0.05, 0.1) is 6.10 Å². The molecule has 9 nitrogen and oxygen atoms in total. The molecular formula is C19H18Cl2N8OS2. The van der Waals surface area contributed by atoms with E-state index in [1.165, 1.54) is 32.9 Å². The first kappa shape index (κ1) is 22.7. The second-order valence-corrected chi connectivity index (χ2v) is 9.50. The van der Waals surface area contributed by atoms with Crippen molar-refractivity contribution in [1.29, 1.82) is 0 Å². The molecule has 13 heteroatoms. The van der Waals surface area contributed by atoms with Crippen molar-refractivity contribution in [2.75, 3.05) is 23.2 Å². The van der Waals surface area contributed by atoms with Gasteiger partial charge in [0.1, 0.15) is 0 Å². The number of hydrogen-bond donors (Lipinski definition) is 3. The van der Waals surface area contributed by atoms with Crippen LogP contribution in [0.2, 0.25) is 10.0 Å². The number of nitrogens with two attached hydrogens (primary N) is 2. The van der Waals surface area contributed by atoms with E-state index in [0.29, 0.717) is 43.5 Å². The van der Waals surface area contributed by atoms with Gasteiger partial charge in [-0.2, -0.15) is 0 Å². The summed E-state index contributed by atoms with van der Waals surface area (Å²) in [5.41, 5.74) is 1.52. The topological polar surface area (TPSA) is 134 Å². The highest BCUT2D eigenvalue weighted by Crippen LogP contribution is 2.26. The molecule has 0 bridgehead atoms. The van der Waals surface area contributed by atoms with E-state index in [-0.39, 0.29) is 0 Å². The van der Waals surface area contributed by atoms with Crippen molar-refractivity contribution >= 4 is 46.7 Å². The van der Waals surface area contributed by atoms with Gasteiger partial charge in [-0.1, -0.05) is 71.0 Å². The fraction of sp³-hybridized carbons (Fsp3) is 0.158. The molecule has 4 aromatic rings. The molecule has 0 unspecified atom stereocenters. The minimum Gasteiger partial charge on any atom is -0.391 e. The van der Waals surface area contributed by atoms with Crippen molar-refractivity contribution in [2.24, 2.45) is 0 Å². The van der Waals surface area contributed by atoms with E-state index in [0.717, 1.165) is 11.1 Å². The Balaban J connectivity index is 1.34. The molecule has 2 aromatic heterocycles. The number of aliphatic hydroxyl groups excluding tert-OH is 1. The highest BCUT2D eigenvalue weighted by Gasteiger charge is 2.17. The number of halogens is 2. The molecule has 4 rings (SSSR count). The zero-order chi connectivity index (χ0) is 22.7. The summed E-state index contributed by atoms with van der Waals surface area (Å²) < 4.78 is 2.76. The van der Waals surface area contributed by atoms with Crippen LogP contribution in [0.4, 0.5) is 0 Å². The first-order valence-corrected chi connectivity index (χ1v) is 12.0. The van der Waals surface area contributed by atoms with Gasteiger partial charge in [0.15, 0.2) is 11.6 Å². The Morgan fingerprint density at radius 3 is 1.62 bits per heavy atom. The molecule has 166 valence electrons. The van der Waals surface area contributed by atoms with E-state index in [4.69, 9.17) is 34.9 Å². The zero-order valence-corrected chi connectivity index (χ0v) is 19.6. The molecule has 0 spiro atoms. The Hall–Kier alpha value is -2.44. The van der Waals surface area contributed by atoms with Crippen molar-refractivity contribution in [1.82, 2.24) is 29.7 Å². The van der Waals surface area contributed by atoms with Crippen LogP contribution in [0.15, 0.2) is 58.8 Å². The van der Waals surface area contributed by atoms with Crippen LogP contribution in [0.1, 0.15) is 0 Å². The van der Waals surface area contributed by atoms with Crippen LogP contribution in [-0.4, -0.2) is 52.5 Å². The minimum atomic E-state index is -0.664. The largest absolute Gasteiger partial charge is 0.391 e. The summed E-state index contributed by atoms with van der Waals surface area (Å²) >= 11 is 14.7. The lowest BCUT2D eigenvalue weighted by atomic mass is 10.2. The number of nitrogens with zero attached hydrogens (tertiary/aromatic N) is 6. The molecule has 0 aliphatic carbocycles. The van der Waals surface area contributed by atoms with Gasteiger partial charge in [0.25, 0.3) is 0 Å². The van der Waals surface area contributed by atoms with Gasteiger partial charge in [-0.05, 0) is 24.3 Å². The van der Waals surface area contributed by atoms with Crippen LogP contribution >= 0.6 is 46.7 Å². The fourth-order valence-electron chi connectivity index (χ4n) is 2.79. The second-order valence-electron chi connectivity index (χ2n) is 6.65. The van der Waals surface area contributed by atoms with Crippen LogP contribution in [0.5, 0.6) is 0 Å². The number of nitrogen functional groups attached to an aromatic ring is 2. The summed E-state index contributed by atoms with van der Waals surface area (Å²) in [5.74, 6) is 13.9. The van der Waals surface area contributed by atoms with Crippen LogP contribution in [0, 0.1) is 0 Å². The van der Waals surface area contributed by atoms with Crippen molar-refractivity contribution in [3.05, 3.63) is 58.6 Å². The maximum atomic E-state index is 10.4. The molecule has 32 heavy (non-hydrogen) atoms. The Kier molecular flexibility index (Phi) is 7.11. The monoisotopic (exact) mass is 508 g/mol. The van der Waals surface area contributed by atoms with Crippen LogP contribution < -0.4 is 11.7 Å². The Morgan fingerprint density at radius 2 is 1.22 bits per heavy atom. The molecule has 0 atom stereocenters. The summed E-state index contributed by atoms with van der Waals surface area (Å²) in [7, 11) is 0. The van der Waals surface area contributed by atoms with E-state index < -0.39 is 6.10 Å². The van der Waals surface area contributed by atoms with Crippen LogP contribution in [0.3, 0.4) is 0 Å². The van der Waals surface area contributed by atoms with Gasteiger partial charge in [-0.25, -0.2) is 9.35 Å². The van der Waals surface area contributed by atoms with Crippen molar-refractivity contribution in [3.8, 4) is 22.8 Å². The molecule has 0 aliphatic heterocycles. The third-order valence-electron chi connectivity index (χ3n) is 4.30. The van der Waals surface area contributed by atoms with E-state index in [1.807, 2.05) is 24.3 Å². The highest BCUT2D eigenvalue weighted by atomic mass is 35.5. The van der Waals surface area contributed by atoms with Gasteiger partial charge in [-0.15, -0.1) is 20.4 Å².